The Balaban J connectivity index is 2.24. The molecule has 1 heterocycles. The van der Waals surface area contributed by atoms with Gasteiger partial charge in [0.25, 0.3) is 0 Å². The van der Waals surface area contributed by atoms with E-state index in [2.05, 4.69) is 15.9 Å². The third-order valence-corrected chi connectivity index (χ3v) is 3.13. The SMILES string of the molecule is OCc1ccc(Br)c(C2COCCO2)c1. The van der Waals surface area contributed by atoms with Crippen molar-refractivity contribution in [2.45, 2.75) is 12.7 Å². The second kappa shape index (κ2) is 5.07. The summed E-state index contributed by atoms with van der Waals surface area (Å²) in [6.45, 7) is 1.91. The molecule has 0 amide bonds. The molecule has 1 aliphatic heterocycles. The number of rotatable bonds is 2. The van der Waals surface area contributed by atoms with Crippen molar-refractivity contribution in [3.05, 3.63) is 33.8 Å². The minimum atomic E-state index is -0.0281. The summed E-state index contributed by atoms with van der Waals surface area (Å²) < 4.78 is 12.0. The molecule has 0 bridgehead atoms. The van der Waals surface area contributed by atoms with E-state index in [9.17, 15) is 0 Å². The van der Waals surface area contributed by atoms with E-state index in [1.165, 1.54) is 0 Å². The van der Waals surface area contributed by atoms with Crippen LogP contribution in [0.25, 0.3) is 0 Å². The Hall–Kier alpha value is -0.420. The Bertz CT molecular complexity index is 335. The van der Waals surface area contributed by atoms with Crippen molar-refractivity contribution in [1.29, 1.82) is 0 Å². The van der Waals surface area contributed by atoms with Crippen molar-refractivity contribution in [3.8, 4) is 0 Å². The van der Waals surface area contributed by atoms with Crippen LogP contribution in [0.3, 0.4) is 0 Å². The Morgan fingerprint density at radius 3 is 2.93 bits per heavy atom. The Morgan fingerprint density at radius 2 is 2.27 bits per heavy atom. The maximum absolute atomic E-state index is 9.06. The average molecular weight is 273 g/mol. The Labute approximate surface area is 97.1 Å². The molecule has 1 aromatic rings. The van der Waals surface area contributed by atoms with Gasteiger partial charge in [0.2, 0.25) is 0 Å². The fourth-order valence-corrected chi connectivity index (χ4v) is 2.11. The van der Waals surface area contributed by atoms with Crippen molar-refractivity contribution in [2.24, 2.45) is 0 Å². The molecule has 0 aliphatic carbocycles. The predicted molar refractivity (Wildman–Crippen MR) is 59.6 cm³/mol. The lowest BCUT2D eigenvalue weighted by Gasteiger charge is -2.24. The number of ether oxygens (including phenoxy) is 2. The summed E-state index contributed by atoms with van der Waals surface area (Å²) in [5.74, 6) is 0. The summed E-state index contributed by atoms with van der Waals surface area (Å²) in [5, 5.41) is 9.06. The molecule has 2 rings (SSSR count). The molecule has 1 fully saturated rings. The lowest BCUT2D eigenvalue weighted by atomic mass is 10.1. The van der Waals surface area contributed by atoms with Crippen LogP contribution < -0.4 is 0 Å². The lowest BCUT2D eigenvalue weighted by Crippen LogP contribution is -2.22. The first-order chi connectivity index (χ1) is 7.31. The fraction of sp³-hybridized carbons (Fsp3) is 0.455. The number of hydrogen-bond donors (Lipinski definition) is 1. The van der Waals surface area contributed by atoms with E-state index in [0.29, 0.717) is 19.8 Å². The van der Waals surface area contributed by atoms with Gasteiger partial charge in [-0.2, -0.15) is 0 Å². The van der Waals surface area contributed by atoms with E-state index in [-0.39, 0.29) is 12.7 Å². The highest BCUT2D eigenvalue weighted by Crippen LogP contribution is 2.28. The summed E-state index contributed by atoms with van der Waals surface area (Å²) in [7, 11) is 0. The van der Waals surface area contributed by atoms with Gasteiger partial charge in [-0.05, 0) is 23.3 Å². The van der Waals surface area contributed by atoms with E-state index >= 15 is 0 Å². The molecule has 1 unspecified atom stereocenters. The Morgan fingerprint density at radius 1 is 1.40 bits per heavy atom. The third kappa shape index (κ3) is 2.58. The van der Waals surface area contributed by atoms with Crippen LogP contribution in [0.1, 0.15) is 17.2 Å². The van der Waals surface area contributed by atoms with Crippen LogP contribution in [0.2, 0.25) is 0 Å². The van der Waals surface area contributed by atoms with Crippen molar-refractivity contribution in [2.75, 3.05) is 19.8 Å². The standard InChI is InChI=1S/C11H13BrO3/c12-10-2-1-8(6-13)5-9(10)11-7-14-3-4-15-11/h1-2,5,11,13H,3-4,6-7H2. The topological polar surface area (TPSA) is 38.7 Å². The maximum atomic E-state index is 9.06. The van der Waals surface area contributed by atoms with Gasteiger partial charge < -0.3 is 14.6 Å². The molecule has 0 spiro atoms. The molecule has 0 aromatic heterocycles. The van der Waals surface area contributed by atoms with Crippen LogP contribution in [0.15, 0.2) is 22.7 Å². The first-order valence-electron chi connectivity index (χ1n) is 4.90. The molecule has 1 N–H and O–H groups in total. The van der Waals surface area contributed by atoms with Crippen molar-refractivity contribution in [1.82, 2.24) is 0 Å². The zero-order valence-corrected chi connectivity index (χ0v) is 9.87. The minimum Gasteiger partial charge on any atom is -0.392 e. The van der Waals surface area contributed by atoms with E-state index in [1.54, 1.807) is 0 Å². The highest BCUT2D eigenvalue weighted by molar-refractivity contribution is 9.10. The van der Waals surface area contributed by atoms with Crippen LogP contribution in [0.5, 0.6) is 0 Å². The Kier molecular flexibility index (Phi) is 3.75. The predicted octanol–water partition coefficient (Wildman–Crippen LogP) is 2.03. The summed E-state index contributed by atoms with van der Waals surface area (Å²) in [4.78, 5) is 0. The quantitative estimate of drug-likeness (QED) is 0.896. The molecule has 3 nitrogen and oxygen atoms in total. The van der Waals surface area contributed by atoms with E-state index in [0.717, 1.165) is 15.6 Å². The maximum Gasteiger partial charge on any atom is 0.107 e. The molecular weight excluding hydrogens is 260 g/mol. The average Bonchev–Trinajstić information content (AvgIpc) is 2.31. The number of halogens is 1. The molecular formula is C11H13BrO3. The molecule has 1 aliphatic rings. The van der Waals surface area contributed by atoms with Gasteiger partial charge in [0.15, 0.2) is 0 Å². The highest BCUT2D eigenvalue weighted by Gasteiger charge is 2.19. The van der Waals surface area contributed by atoms with Gasteiger partial charge in [0.05, 0.1) is 26.4 Å². The molecule has 1 saturated heterocycles. The molecule has 1 atom stereocenters. The first-order valence-corrected chi connectivity index (χ1v) is 5.69. The molecule has 15 heavy (non-hydrogen) atoms. The third-order valence-electron chi connectivity index (χ3n) is 2.41. The van der Waals surface area contributed by atoms with Crippen molar-refractivity contribution >= 4 is 15.9 Å². The van der Waals surface area contributed by atoms with E-state index in [4.69, 9.17) is 14.6 Å². The van der Waals surface area contributed by atoms with Gasteiger partial charge >= 0.3 is 0 Å². The molecule has 0 radical (unpaired) electrons. The van der Waals surface area contributed by atoms with Gasteiger partial charge in [-0.1, -0.05) is 22.0 Å². The molecule has 1 aromatic carbocycles. The second-order valence-electron chi connectivity index (χ2n) is 3.45. The lowest BCUT2D eigenvalue weighted by molar-refractivity contribution is -0.0904. The van der Waals surface area contributed by atoms with Gasteiger partial charge in [0.1, 0.15) is 6.10 Å². The summed E-state index contributed by atoms with van der Waals surface area (Å²) >= 11 is 3.48. The number of aliphatic hydroxyl groups is 1. The summed E-state index contributed by atoms with van der Waals surface area (Å²) in [6.07, 6.45) is -0.0281. The zero-order chi connectivity index (χ0) is 10.7. The minimum absolute atomic E-state index is 0.0281. The highest BCUT2D eigenvalue weighted by atomic mass is 79.9. The van der Waals surface area contributed by atoms with Crippen molar-refractivity contribution in [3.63, 3.8) is 0 Å². The fourth-order valence-electron chi connectivity index (χ4n) is 1.61. The van der Waals surface area contributed by atoms with Crippen LogP contribution in [-0.4, -0.2) is 24.9 Å². The number of benzene rings is 1. The molecule has 4 heteroatoms. The van der Waals surface area contributed by atoms with Crippen LogP contribution in [0, 0.1) is 0 Å². The monoisotopic (exact) mass is 272 g/mol. The van der Waals surface area contributed by atoms with Gasteiger partial charge in [-0.15, -0.1) is 0 Å². The van der Waals surface area contributed by atoms with Crippen LogP contribution in [0.4, 0.5) is 0 Å². The van der Waals surface area contributed by atoms with E-state index < -0.39 is 0 Å². The number of aliphatic hydroxyl groups excluding tert-OH is 1. The van der Waals surface area contributed by atoms with Gasteiger partial charge in [-0.25, -0.2) is 0 Å². The number of hydrogen-bond acceptors (Lipinski definition) is 3. The largest absolute Gasteiger partial charge is 0.392 e. The molecule has 82 valence electrons. The van der Waals surface area contributed by atoms with E-state index in [1.807, 2.05) is 18.2 Å². The molecule has 0 saturated carbocycles. The van der Waals surface area contributed by atoms with Gasteiger partial charge in [-0.3, -0.25) is 0 Å². The smallest absolute Gasteiger partial charge is 0.107 e. The van der Waals surface area contributed by atoms with Crippen LogP contribution in [-0.2, 0) is 16.1 Å². The second-order valence-corrected chi connectivity index (χ2v) is 4.30. The first kappa shape index (κ1) is 11.1. The normalized spacial score (nSPS) is 21.6. The van der Waals surface area contributed by atoms with Crippen LogP contribution >= 0.6 is 15.9 Å². The zero-order valence-electron chi connectivity index (χ0n) is 8.28. The van der Waals surface area contributed by atoms with Gasteiger partial charge in [0, 0.05) is 4.47 Å². The van der Waals surface area contributed by atoms with Crippen molar-refractivity contribution < 1.29 is 14.6 Å². The summed E-state index contributed by atoms with van der Waals surface area (Å²) in [6, 6.07) is 5.76. The summed E-state index contributed by atoms with van der Waals surface area (Å²) in [5.41, 5.74) is 1.93.